The van der Waals surface area contributed by atoms with E-state index in [0.717, 1.165) is 45.3 Å². The van der Waals surface area contributed by atoms with Crippen LogP contribution in [0.5, 0.6) is 0 Å². The number of morpholine rings is 1. The molecule has 0 aliphatic carbocycles. The van der Waals surface area contributed by atoms with E-state index in [-0.39, 0.29) is 0 Å². The van der Waals surface area contributed by atoms with E-state index in [1.165, 1.54) is 12.8 Å². The van der Waals surface area contributed by atoms with Gasteiger partial charge in [-0.25, -0.2) is 0 Å². The van der Waals surface area contributed by atoms with Gasteiger partial charge >= 0.3 is 0 Å². The van der Waals surface area contributed by atoms with Crippen LogP contribution in [0.4, 0.5) is 0 Å². The predicted octanol–water partition coefficient (Wildman–Crippen LogP) is 1.73. The van der Waals surface area contributed by atoms with E-state index < -0.39 is 0 Å². The molecule has 0 spiro atoms. The molecule has 0 amide bonds. The van der Waals surface area contributed by atoms with Crippen LogP contribution in [-0.2, 0) is 4.74 Å². The molecule has 0 radical (unpaired) electrons. The van der Waals surface area contributed by atoms with Crippen molar-refractivity contribution < 1.29 is 4.74 Å². The maximum absolute atomic E-state index is 5.43. The van der Waals surface area contributed by atoms with E-state index >= 15 is 0 Å². The average Bonchev–Trinajstić information content (AvgIpc) is 2.27. The van der Waals surface area contributed by atoms with Crippen LogP contribution < -0.4 is 5.32 Å². The molecule has 1 aliphatic heterocycles. The molecule has 1 fully saturated rings. The Bertz CT molecular complexity index is 175. The molecule has 1 heterocycles. The maximum atomic E-state index is 5.43. The summed E-state index contributed by atoms with van der Waals surface area (Å²) in [5.41, 5.74) is 0. The number of ether oxygens (including phenoxy) is 1. The summed E-state index contributed by atoms with van der Waals surface area (Å²) >= 11 is 0. The summed E-state index contributed by atoms with van der Waals surface area (Å²) in [4.78, 5) is 2.51. The van der Waals surface area contributed by atoms with E-state index in [0.29, 0.717) is 6.04 Å². The SMILES string of the molecule is CCCC(C)CNCCN1CCOCC1C. The molecule has 96 valence electrons. The van der Waals surface area contributed by atoms with Crippen molar-refractivity contribution in [3.8, 4) is 0 Å². The van der Waals surface area contributed by atoms with Gasteiger partial charge in [0.05, 0.1) is 13.2 Å². The number of nitrogens with zero attached hydrogens (tertiary/aromatic N) is 1. The summed E-state index contributed by atoms with van der Waals surface area (Å²) in [7, 11) is 0. The lowest BCUT2D eigenvalue weighted by molar-refractivity contribution is 0.000372. The monoisotopic (exact) mass is 228 g/mol. The molecule has 3 heteroatoms. The Hall–Kier alpha value is -0.120. The first-order chi connectivity index (χ1) is 7.74. The van der Waals surface area contributed by atoms with Gasteiger partial charge in [-0.1, -0.05) is 20.3 Å². The van der Waals surface area contributed by atoms with Crippen molar-refractivity contribution in [2.75, 3.05) is 39.4 Å². The number of rotatable bonds is 7. The lowest BCUT2D eigenvalue weighted by Gasteiger charge is -2.33. The van der Waals surface area contributed by atoms with Crippen molar-refractivity contribution in [1.29, 1.82) is 0 Å². The Morgan fingerprint density at radius 2 is 2.31 bits per heavy atom. The lowest BCUT2D eigenvalue weighted by Crippen LogP contribution is -2.46. The van der Waals surface area contributed by atoms with Gasteiger partial charge < -0.3 is 10.1 Å². The fourth-order valence-corrected chi connectivity index (χ4v) is 2.26. The summed E-state index contributed by atoms with van der Waals surface area (Å²) in [6.45, 7) is 13.1. The van der Waals surface area contributed by atoms with Gasteiger partial charge in [0.15, 0.2) is 0 Å². The minimum Gasteiger partial charge on any atom is -0.379 e. The topological polar surface area (TPSA) is 24.5 Å². The zero-order valence-corrected chi connectivity index (χ0v) is 11.2. The van der Waals surface area contributed by atoms with E-state index in [4.69, 9.17) is 4.74 Å². The van der Waals surface area contributed by atoms with Gasteiger partial charge in [-0.05, 0) is 25.8 Å². The van der Waals surface area contributed by atoms with Crippen LogP contribution in [0, 0.1) is 5.92 Å². The summed E-state index contributed by atoms with van der Waals surface area (Å²) in [6.07, 6.45) is 2.63. The third-order valence-electron chi connectivity index (χ3n) is 3.36. The summed E-state index contributed by atoms with van der Waals surface area (Å²) < 4.78 is 5.43. The van der Waals surface area contributed by atoms with Gasteiger partial charge in [-0.2, -0.15) is 0 Å². The Morgan fingerprint density at radius 1 is 1.50 bits per heavy atom. The maximum Gasteiger partial charge on any atom is 0.0619 e. The van der Waals surface area contributed by atoms with Crippen molar-refractivity contribution in [2.24, 2.45) is 5.92 Å². The molecule has 1 N–H and O–H groups in total. The second-order valence-electron chi connectivity index (χ2n) is 5.06. The number of nitrogens with one attached hydrogen (secondary N) is 1. The summed E-state index contributed by atoms with van der Waals surface area (Å²) in [6, 6.07) is 0.587. The largest absolute Gasteiger partial charge is 0.379 e. The van der Waals surface area contributed by atoms with Gasteiger partial charge in [0.1, 0.15) is 0 Å². The normalized spacial score (nSPS) is 24.6. The first-order valence-corrected chi connectivity index (χ1v) is 6.76. The Balaban J connectivity index is 2.01. The van der Waals surface area contributed by atoms with Gasteiger partial charge in [0.2, 0.25) is 0 Å². The fourth-order valence-electron chi connectivity index (χ4n) is 2.26. The molecular weight excluding hydrogens is 200 g/mol. The highest BCUT2D eigenvalue weighted by Crippen LogP contribution is 2.05. The van der Waals surface area contributed by atoms with E-state index in [2.05, 4.69) is 31.0 Å². The molecule has 1 saturated heterocycles. The number of hydrogen-bond donors (Lipinski definition) is 1. The molecule has 1 aliphatic rings. The van der Waals surface area contributed by atoms with Gasteiger partial charge in [0.25, 0.3) is 0 Å². The quantitative estimate of drug-likeness (QED) is 0.672. The fraction of sp³-hybridized carbons (Fsp3) is 1.00. The molecule has 0 bridgehead atoms. The highest BCUT2D eigenvalue weighted by Gasteiger charge is 2.17. The van der Waals surface area contributed by atoms with Gasteiger partial charge in [-0.3, -0.25) is 4.90 Å². The van der Waals surface area contributed by atoms with Crippen LogP contribution in [0.1, 0.15) is 33.6 Å². The zero-order chi connectivity index (χ0) is 11.8. The van der Waals surface area contributed by atoms with Crippen LogP contribution in [0.2, 0.25) is 0 Å². The third-order valence-corrected chi connectivity index (χ3v) is 3.36. The Morgan fingerprint density at radius 3 is 3.00 bits per heavy atom. The van der Waals surface area contributed by atoms with Crippen LogP contribution in [0.3, 0.4) is 0 Å². The number of hydrogen-bond acceptors (Lipinski definition) is 3. The standard InChI is InChI=1S/C13H28N2O/c1-4-5-12(2)10-14-6-7-15-8-9-16-11-13(15)3/h12-14H,4-11H2,1-3H3. The predicted molar refractivity (Wildman–Crippen MR) is 68.8 cm³/mol. The average molecular weight is 228 g/mol. The van der Waals surface area contributed by atoms with Crippen molar-refractivity contribution in [1.82, 2.24) is 10.2 Å². The molecule has 0 aromatic carbocycles. The zero-order valence-electron chi connectivity index (χ0n) is 11.2. The van der Waals surface area contributed by atoms with E-state index in [9.17, 15) is 0 Å². The Labute approximate surface area is 101 Å². The molecule has 0 aromatic rings. The van der Waals surface area contributed by atoms with E-state index in [1.807, 2.05) is 0 Å². The third kappa shape index (κ3) is 5.28. The van der Waals surface area contributed by atoms with Gasteiger partial charge in [0, 0.05) is 25.7 Å². The van der Waals surface area contributed by atoms with Crippen molar-refractivity contribution in [3.05, 3.63) is 0 Å². The summed E-state index contributed by atoms with van der Waals surface area (Å²) in [5, 5.41) is 3.56. The van der Waals surface area contributed by atoms with Crippen molar-refractivity contribution in [3.63, 3.8) is 0 Å². The van der Waals surface area contributed by atoms with Crippen molar-refractivity contribution >= 4 is 0 Å². The molecule has 0 saturated carbocycles. The minimum atomic E-state index is 0.587. The highest BCUT2D eigenvalue weighted by molar-refractivity contribution is 4.71. The van der Waals surface area contributed by atoms with Crippen LogP contribution in [0.15, 0.2) is 0 Å². The van der Waals surface area contributed by atoms with E-state index in [1.54, 1.807) is 0 Å². The van der Waals surface area contributed by atoms with Crippen LogP contribution >= 0.6 is 0 Å². The molecule has 0 aromatic heterocycles. The molecule has 2 atom stereocenters. The van der Waals surface area contributed by atoms with Crippen LogP contribution in [0.25, 0.3) is 0 Å². The van der Waals surface area contributed by atoms with Crippen molar-refractivity contribution in [2.45, 2.75) is 39.7 Å². The smallest absolute Gasteiger partial charge is 0.0619 e. The molecular formula is C13H28N2O. The highest BCUT2D eigenvalue weighted by atomic mass is 16.5. The second-order valence-corrected chi connectivity index (χ2v) is 5.06. The first kappa shape index (κ1) is 13.9. The summed E-state index contributed by atoms with van der Waals surface area (Å²) in [5.74, 6) is 0.812. The van der Waals surface area contributed by atoms with Gasteiger partial charge in [-0.15, -0.1) is 0 Å². The molecule has 3 nitrogen and oxygen atoms in total. The molecule has 1 rings (SSSR count). The second kappa shape index (κ2) is 8.04. The molecule has 2 unspecified atom stereocenters. The first-order valence-electron chi connectivity index (χ1n) is 6.76. The Kier molecular flexibility index (Phi) is 7.01. The van der Waals surface area contributed by atoms with Crippen LogP contribution in [-0.4, -0.2) is 50.3 Å². The lowest BCUT2D eigenvalue weighted by atomic mass is 10.1. The minimum absolute atomic E-state index is 0.587. The molecule has 16 heavy (non-hydrogen) atoms.